The number of nitrogens with zero attached hydrogens (tertiary/aromatic N) is 5. The molecule has 106 valence electrons. The van der Waals surface area contributed by atoms with E-state index in [-0.39, 0.29) is 5.69 Å². The van der Waals surface area contributed by atoms with E-state index < -0.39 is 4.92 Å². The molecule has 0 atom stereocenters. The standard InChI is InChI=1S/C12H16N6O2/c1-2-3-8-17-12(14-15-16-17)13-9-10-4-6-11(7-5-10)18(19)20/h4-7H,2-3,8-9H2,1H3,(H,13,14,16). The number of rotatable bonds is 7. The first-order valence-corrected chi connectivity index (χ1v) is 6.44. The highest BCUT2D eigenvalue weighted by molar-refractivity contribution is 5.34. The lowest BCUT2D eigenvalue weighted by Gasteiger charge is -2.06. The minimum absolute atomic E-state index is 0.0847. The van der Waals surface area contributed by atoms with Gasteiger partial charge in [0.25, 0.3) is 5.69 Å². The Kier molecular flexibility index (Phi) is 4.59. The minimum atomic E-state index is -0.414. The van der Waals surface area contributed by atoms with Crippen LogP contribution in [0.25, 0.3) is 0 Å². The highest BCUT2D eigenvalue weighted by Crippen LogP contribution is 2.13. The van der Waals surface area contributed by atoms with Gasteiger partial charge in [-0.3, -0.25) is 10.1 Å². The lowest BCUT2D eigenvalue weighted by atomic mass is 10.2. The second-order valence-corrected chi connectivity index (χ2v) is 4.36. The van der Waals surface area contributed by atoms with Crippen molar-refractivity contribution in [3.05, 3.63) is 39.9 Å². The Bertz CT molecular complexity index is 566. The molecular weight excluding hydrogens is 260 g/mol. The van der Waals surface area contributed by atoms with E-state index in [9.17, 15) is 10.1 Å². The van der Waals surface area contributed by atoms with Crippen molar-refractivity contribution in [2.45, 2.75) is 32.9 Å². The van der Waals surface area contributed by atoms with Crippen molar-refractivity contribution in [2.24, 2.45) is 0 Å². The first-order chi connectivity index (χ1) is 9.70. The Morgan fingerprint density at radius 3 is 2.75 bits per heavy atom. The van der Waals surface area contributed by atoms with Gasteiger partial charge in [0, 0.05) is 25.2 Å². The Morgan fingerprint density at radius 1 is 1.35 bits per heavy atom. The highest BCUT2D eigenvalue weighted by Gasteiger charge is 2.06. The van der Waals surface area contributed by atoms with Crippen LogP contribution in [0.5, 0.6) is 0 Å². The van der Waals surface area contributed by atoms with Crippen molar-refractivity contribution in [1.82, 2.24) is 20.2 Å². The molecule has 0 amide bonds. The predicted octanol–water partition coefficient (Wildman–Crippen LogP) is 1.99. The third-order valence-electron chi connectivity index (χ3n) is 2.85. The lowest BCUT2D eigenvalue weighted by Crippen LogP contribution is -2.09. The maximum absolute atomic E-state index is 10.6. The summed E-state index contributed by atoms with van der Waals surface area (Å²) in [6.07, 6.45) is 2.08. The second-order valence-electron chi connectivity index (χ2n) is 4.36. The van der Waals surface area contributed by atoms with Gasteiger partial charge < -0.3 is 5.32 Å². The monoisotopic (exact) mass is 276 g/mol. The molecule has 1 heterocycles. The van der Waals surface area contributed by atoms with Crippen molar-refractivity contribution in [3.63, 3.8) is 0 Å². The summed E-state index contributed by atoms with van der Waals surface area (Å²) in [5.41, 5.74) is 1.02. The molecule has 0 aliphatic rings. The van der Waals surface area contributed by atoms with Crippen LogP contribution >= 0.6 is 0 Å². The summed E-state index contributed by atoms with van der Waals surface area (Å²) >= 11 is 0. The van der Waals surface area contributed by atoms with Crippen LogP contribution in [-0.4, -0.2) is 25.1 Å². The summed E-state index contributed by atoms with van der Waals surface area (Å²) in [5, 5.41) is 25.1. The average Bonchev–Trinajstić information content (AvgIpc) is 2.90. The predicted molar refractivity (Wildman–Crippen MR) is 73.1 cm³/mol. The quantitative estimate of drug-likeness (QED) is 0.613. The molecule has 20 heavy (non-hydrogen) atoms. The molecule has 2 aromatic rings. The van der Waals surface area contributed by atoms with E-state index in [1.165, 1.54) is 12.1 Å². The number of anilines is 1. The number of benzene rings is 1. The summed E-state index contributed by atoms with van der Waals surface area (Å²) in [7, 11) is 0. The number of unbranched alkanes of at least 4 members (excludes halogenated alkanes) is 1. The second kappa shape index (κ2) is 6.60. The van der Waals surface area contributed by atoms with E-state index in [2.05, 4.69) is 27.8 Å². The zero-order valence-corrected chi connectivity index (χ0v) is 11.2. The fraction of sp³-hybridized carbons (Fsp3) is 0.417. The van der Waals surface area contributed by atoms with Gasteiger partial charge in [-0.2, -0.15) is 0 Å². The van der Waals surface area contributed by atoms with Crippen LogP contribution in [0.3, 0.4) is 0 Å². The molecule has 0 saturated heterocycles. The molecule has 0 spiro atoms. The first kappa shape index (κ1) is 13.9. The molecule has 1 aromatic carbocycles. The molecule has 1 N–H and O–H groups in total. The maximum Gasteiger partial charge on any atom is 0.269 e. The molecule has 0 unspecified atom stereocenters. The Morgan fingerprint density at radius 2 is 2.10 bits per heavy atom. The van der Waals surface area contributed by atoms with Gasteiger partial charge in [-0.05, 0) is 22.4 Å². The molecule has 8 nitrogen and oxygen atoms in total. The van der Waals surface area contributed by atoms with Crippen LogP contribution in [0.2, 0.25) is 0 Å². The van der Waals surface area contributed by atoms with E-state index in [4.69, 9.17) is 0 Å². The number of aryl methyl sites for hydroxylation is 1. The number of hydrogen-bond acceptors (Lipinski definition) is 6. The van der Waals surface area contributed by atoms with Gasteiger partial charge in [-0.15, -0.1) is 0 Å². The van der Waals surface area contributed by atoms with E-state index >= 15 is 0 Å². The average molecular weight is 276 g/mol. The van der Waals surface area contributed by atoms with Crippen LogP contribution in [0.4, 0.5) is 11.6 Å². The molecule has 0 aliphatic heterocycles. The largest absolute Gasteiger partial charge is 0.349 e. The Hall–Kier alpha value is -2.51. The van der Waals surface area contributed by atoms with Crippen LogP contribution in [-0.2, 0) is 13.1 Å². The van der Waals surface area contributed by atoms with Crippen molar-refractivity contribution < 1.29 is 4.92 Å². The summed E-state index contributed by atoms with van der Waals surface area (Å²) in [4.78, 5) is 10.1. The number of nitro benzene ring substituents is 1. The van der Waals surface area contributed by atoms with Gasteiger partial charge >= 0.3 is 0 Å². The number of tetrazole rings is 1. The maximum atomic E-state index is 10.6. The molecule has 2 rings (SSSR count). The molecule has 8 heteroatoms. The molecule has 0 fully saturated rings. The Labute approximate surface area is 115 Å². The number of nitro groups is 1. The summed E-state index contributed by atoms with van der Waals surface area (Å²) < 4.78 is 1.72. The fourth-order valence-corrected chi connectivity index (χ4v) is 1.71. The zero-order valence-electron chi connectivity index (χ0n) is 11.2. The molecular formula is C12H16N6O2. The SMILES string of the molecule is CCCCn1nnnc1NCc1ccc([N+](=O)[O-])cc1. The molecule has 0 bridgehead atoms. The smallest absolute Gasteiger partial charge is 0.269 e. The van der Waals surface area contributed by atoms with Crippen molar-refractivity contribution in [1.29, 1.82) is 0 Å². The molecule has 1 aromatic heterocycles. The van der Waals surface area contributed by atoms with Crippen LogP contribution in [0, 0.1) is 10.1 Å². The molecule has 0 radical (unpaired) electrons. The van der Waals surface area contributed by atoms with E-state index in [1.54, 1.807) is 16.8 Å². The van der Waals surface area contributed by atoms with Gasteiger partial charge in [0.15, 0.2) is 0 Å². The fourth-order valence-electron chi connectivity index (χ4n) is 1.71. The van der Waals surface area contributed by atoms with Gasteiger partial charge in [0.2, 0.25) is 5.95 Å². The van der Waals surface area contributed by atoms with Crippen LogP contribution in [0.1, 0.15) is 25.3 Å². The van der Waals surface area contributed by atoms with E-state index in [0.29, 0.717) is 12.5 Å². The van der Waals surface area contributed by atoms with Crippen LogP contribution < -0.4 is 5.32 Å². The van der Waals surface area contributed by atoms with E-state index in [1.807, 2.05) is 0 Å². The van der Waals surface area contributed by atoms with Crippen molar-refractivity contribution in [3.8, 4) is 0 Å². The number of hydrogen-bond donors (Lipinski definition) is 1. The summed E-state index contributed by atoms with van der Waals surface area (Å²) in [5.74, 6) is 0.608. The topological polar surface area (TPSA) is 98.8 Å². The Balaban J connectivity index is 1.94. The minimum Gasteiger partial charge on any atom is -0.349 e. The number of non-ortho nitro benzene ring substituents is 1. The van der Waals surface area contributed by atoms with Gasteiger partial charge in [0.1, 0.15) is 0 Å². The van der Waals surface area contributed by atoms with Crippen molar-refractivity contribution in [2.75, 3.05) is 5.32 Å². The lowest BCUT2D eigenvalue weighted by molar-refractivity contribution is -0.384. The normalized spacial score (nSPS) is 10.4. The first-order valence-electron chi connectivity index (χ1n) is 6.44. The zero-order chi connectivity index (χ0) is 14.4. The summed E-state index contributed by atoms with van der Waals surface area (Å²) in [6.45, 7) is 3.39. The molecule has 0 aliphatic carbocycles. The number of aromatic nitrogens is 4. The third-order valence-corrected chi connectivity index (χ3v) is 2.85. The van der Waals surface area contributed by atoms with Gasteiger partial charge in [-0.25, -0.2) is 4.68 Å². The summed E-state index contributed by atoms with van der Waals surface area (Å²) in [6, 6.07) is 6.39. The van der Waals surface area contributed by atoms with Gasteiger partial charge in [-0.1, -0.05) is 30.6 Å². The third kappa shape index (κ3) is 3.50. The molecule has 0 saturated carbocycles. The number of nitrogens with one attached hydrogen (secondary N) is 1. The van der Waals surface area contributed by atoms with Gasteiger partial charge in [0.05, 0.1) is 4.92 Å². The highest BCUT2D eigenvalue weighted by atomic mass is 16.6. The van der Waals surface area contributed by atoms with E-state index in [0.717, 1.165) is 24.9 Å². The van der Waals surface area contributed by atoms with Crippen LogP contribution in [0.15, 0.2) is 24.3 Å². The van der Waals surface area contributed by atoms with Crippen molar-refractivity contribution >= 4 is 11.6 Å².